The number of rotatable bonds is 12. The highest BCUT2D eigenvalue weighted by Crippen LogP contribution is 2.52. The Balaban J connectivity index is 1.56. The van der Waals surface area contributed by atoms with Crippen molar-refractivity contribution >= 4 is 0 Å². The number of ether oxygens (including phenoxy) is 2. The molecule has 0 heterocycles. The largest absolute Gasteiger partial charge is 0.490 e. The van der Waals surface area contributed by atoms with E-state index in [0.29, 0.717) is 0 Å². The fraction of sp³-hybridized carbons (Fsp3) is 0.250. The van der Waals surface area contributed by atoms with Gasteiger partial charge in [0, 0.05) is 27.7 Å². The number of hydrogen-bond acceptors (Lipinski definition) is 4. The summed E-state index contributed by atoms with van der Waals surface area (Å²) in [5, 5.41) is 19.8. The fourth-order valence-corrected chi connectivity index (χ4v) is 8.00. The molecule has 4 nitrogen and oxygen atoms in total. The number of aliphatic hydroxyl groups excluding tert-OH is 2. The van der Waals surface area contributed by atoms with Gasteiger partial charge in [0.1, 0.15) is 24.7 Å². The van der Waals surface area contributed by atoms with Gasteiger partial charge in [-0.1, -0.05) is 153 Å². The van der Waals surface area contributed by atoms with Crippen LogP contribution in [0.1, 0.15) is 56.1 Å². The summed E-state index contributed by atoms with van der Waals surface area (Å²) in [6.45, 7) is 0.285. The molecule has 264 valence electrons. The molecule has 0 aliphatic heterocycles. The lowest BCUT2D eigenvalue weighted by molar-refractivity contribution is 0.202. The van der Waals surface area contributed by atoms with Gasteiger partial charge in [-0.25, -0.2) is 0 Å². The Morgan fingerprint density at radius 3 is 0.981 bits per heavy atom. The molecule has 2 N–H and O–H groups in total. The van der Waals surface area contributed by atoms with Crippen molar-refractivity contribution in [1.29, 1.82) is 0 Å². The second-order valence-electron chi connectivity index (χ2n) is 13.8. The van der Waals surface area contributed by atoms with Crippen molar-refractivity contribution in [3.63, 3.8) is 0 Å². The molecule has 1 saturated carbocycles. The van der Waals surface area contributed by atoms with E-state index in [-0.39, 0.29) is 31.8 Å². The van der Waals surface area contributed by atoms with Gasteiger partial charge in [0.05, 0.1) is 13.2 Å². The fourth-order valence-electron chi connectivity index (χ4n) is 8.00. The van der Waals surface area contributed by atoms with Crippen LogP contribution < -0.4 is 9.47 Å². The summed E-state index contributed by atoms with van der Waals surface area (Å²) in [5.74, 6) is 1.58. The van der Waals surface area contributed by atoms with Crippen molar-refractivity contribution in [2.24, 2.45) is 0 Å². The molecule has 0 aromatic heterocycles. The SMILES string of the molecule is OCCOc1c(-c2ccccc2)cc(C2(c3cc(-c4ccccc4)c(OCCO)c(-c4ccccc4)c3)CCCCCCC2)cc1-c1ccccc1. The minimum Gasteiger partial charge on any atom is -0.490 e. The third kappa shape index (κ3) is 7.55. The maximum Gasteiger partial charge on any atom is 0.135 e. The van der Waals surface area contributed by atoms with Crippen LogP contribution in [0.25, 0.3) is 44.5 Å². The lowest BCUT2D eigenvalue weighted by Crippen LogP contribution is -2.29. The van der Waals surface area contributed by atoms with E-state index in [2.05, 4.69) is 121 Å². The smallest absolute Gasteiger partial charge is 0.135 e. The molecule has 1 aliphatic rings. The molecule has 0 radical (unpaired) electrons. The zero-order valence-electron chi connectivity index (χ0n) is 29.8. The summed E-state index contributed by atoms with van der Waals surface area (Å²) >= 11 is 0. The van der Waals surface area contributed by atoms with Crippen molar-refractivity contribution in [2.75, 3.05) is 26.4 Å². The Morgan fingerprint density at radius 2 is 0.692 bits per heavy atom. The van der Waals surface area contributed by atoms with Gasteiger partial charge in [-0.15, -0.1) is 0 Å². The van der Waals surface area contributed by atoms with Gasteiger partial charge < -0.3 is 19.7 Å². The first kappa shape index (κ1) is 35.3. The highest BCUT2D eigenvalue weighted by Gasteiger charge is 2.37. The first-order valence-electron chi connectivity index (χ1n) is 18.8. The van der Waals surface area contributed by atoms with Crippen LogP contribution >= 0.6 is 0 Å². The molecular formula is C48H48O4. The predicted octanol–water partition coefficient (Wildman–Crippen LogP) is 11.1. The molecule has 0 unspecified atom stereocenters. The van der Waals surface area contributed by atoms with E-state index in [1.54, 1.807) is 0 Å². The van der Waals surface area contributed by atoms with E-state index in [1.807, 2.05) is 24.3 Å². The molecule has 7 rings (SSSR count). The predicted molar refractivity (Wildman–Crippen MR) is 213 cm³/mol. The van der Waals surface area contributed by atoms with Gasteiger partial charge >= 0.3 is 0 Å². The average molecular weight is 689 g/mol. The third-order valence-electron chi connectivity index (χ3n) is 10.5. The number of hydrogen-bond donors (Lipinski definition) is 2. The summed E-state index contributed by atoms with van der Waals surface area (Å²) in [6.07, 6.45) is 7.91. The highest BCUT2D eigenvalue weighted by atomic mass is 16.5. The van der Waals surface area contributed by atoms with Crippen LogP contribution in [0.15, 0.2) is 146 Å². The van der Waals surface area contributed by atoms with Crippen molar-refractivity contribution in [1.82, 2.24) is 0 Å². The standard InChI is InChI=1S/C48H48O4/c49-28-30-51-46-42(36-18-8-4-9-19-36)32-40(33-43(46)37-20-10-5-11-21-37)48(26-16-2-1-3-17-27-48)41-34-44(38-22-12-6-13-23-38)47(52-31-29-50)45(35-41)39-24-14-7-15-25-39/h4-15,18-25,32-35,49-50H,1-3,16-17,26-31H2. The zero-order valence-corrected chi connectivity index (χ0v) is 29.8. The molecule has 1 fully saturated rings. The van der Waals surface area contributed by atoms with Crippen molar-refractivity contribution in [3.05, 3.63) is 157 Å². The number of benzene rings is 6. The first-order valence-corrected chi connectivity index (χ1v) is 18.8. The van der Waals surface area contributed by atoms with Crippen molar-refractivity contribution in [2.45, 2.75) is 50.4 Å². The van der Waals surface area contributed by atoms with E-state index >= 15 is 0 Å². The molecule has 4 heteroatoms. The maximum atomic E-state index is 9.92. The molecule has 0 atom stereocenters. The third-order valence-corrected chi connectivity index (χ3v) is 10.5. The Labute approximate surface area is 308 Å². The van der Waals surface area contributed by atoms with Gasteiger partial charge in [0.25, 0.3) is 0 Å². The Hall–Kier alpha value is -5.16. The van der Waals surface area contributed by atoms with E-state index < -0.39 is 0 Å². The quantitative estimate of drug-likeness (QED) is 0.134. The maximum absolute atomic E-state index is 9.92. The van der Waals surface area contributed by atoms with Crippen LogP contribution in [-0.4, -0.2) is 36.6 Å². The van der Waals surface area contributed by atoms with Crippen molar-refractivity contribution in [3.8, 4) is 56.0 Å². The summed E-state index contributed by atoms with van der Waals surface area (Å²) in [4.78, 5) is 0. The first-order chi connectivity index (χ1) is 25.7. The molecule has 1 aliphatic carbocycles. The second-order valence-corrected chi connectivity index (χ2v) is 13.8. The normalized spacial score (nSPS) is 14.3. The van der Waals surface area contributed by atoms with E-state index in [0.717, 1.165) is 81.7 Å². The molecule has 6 aromatic carbocycles. The van der Waals surface area contributed by atoms with Crippen LogP contribution in [-0.2, 0) is 5.41 Å². The molecule has 0 spiro atoms. The van der Waals surface area contributed by atoms with Gasteiger partial charge in [-0.05, 0) is 70.5 Å². The monoisotopic (exact) mass is 688 g/mol. The van der Waals surface area contributed by atoms with E-state index in [1.165, 1.54) is 30.4 Å². The molecule has 0 amide bonds. The van der Waals surface area contributed by atoms with Crippen molar-refractivity contribution < 1.29 is 19.7 Å². The lowest BCUT2D eigenvalue weighted by Gasteiger charge is -2.39. The summed E-state index contributed by atoms with van der Waals surface area (Å²) in [5.41, 5.74) is 10.7. The Kier molecular flexibility index (Phi) is 11.5. The molecule has 6 aromatic rings. The Bertz CT molecular complexity index is 1750. The van der Waals surface area contributed by atoms with Gasteiger partial charge in [0.15, 0.2) is 0 Å². The zero-order chi connectivity index (χ0) is 35.6. The molecule has 0 saturated heterocycles. The summed E-state index contributed by atoms with van der Waals surface area (Å²) < 4.78 is 12.9. The summed E-state index contributed by atoms with van der Waals surface area (Å²) in [7, 11) is 0. The van der Waals surface area contributed by atoms with Gasteiger partial charge in [0.2, 0.25) is 0 Å². The average Bonchev–Trinajstić information content (AvgIpc) is 3.20. The van der Waals surface area contributed by atoms with Crippen LogP contribution in [0.3, 0.4) is 0 Å². The number of aliphatic hydroxyl groups is 2. The lowest BCUT2D eigenvalue weighted by atomic mass is 9.65. The molecule has 0 bridgehead atoms. The van der Waals surface area contributed by atoms with Crippen LogP contribution in [0.2, 0.25) is 0 Å². The minimum absolute atomic E-state index is 0.0661. The second kappa shape index (κ2) is 16.9. The Morgan fingerprint density at radius 1 is 0.404 bits per heavy atom. The van der Waals surface area contributed by atoms with Crippen LogP contribution in [0, 0.1) is 0 Å². The van der Waals surface area contributed by atoms with Gasteiger partial charge in [-0.3, -0.25) is 0 Å². The van der Waals surface area contributed by atoms with Crippen LogP contribution in [0.4, 0.5) is 0 Å². The van der Waals surface area contributed by atoms with Gasteiger partial charge in [-0.2, -0.15) is 0 Å². The molecule has 52 heavy (non-hydrogen) atoms. The topological polar surface area (TPSA) is 58.9 Å². The van der Waals surface area contributed by atoms with E-state index in [9.17, 15) is 10.2 Å². The van der Waals surface area contributed by atoms with E-state index in [4.69, 9.17) is 9.47 Å². The highest BCUT2D eigenvalue weighted by molar-refractivity contribution is 5.86. The minimum atomic E-state index is -0.314. The molecular weight excluding hydrogens is 641 g/mol. The summed E-state index contributed by atoms with van der Waals surface area (Å²) in [6, 6.07) is 51.5. The van der Waals surface area contributed by atoms with Crippen LogP contribution in [0.5, 0.6) is 11.5 Å².